The Hall–Kier alpha value is -2.90. The lowest BCUT2D eigenvalue weighted by atomic mass is 9.95. The summed E-state index contributed by atoms with van der Waals surface area (Å²) in [4.78, 5) is 29.2. The number of carbonyl (C=O) groups is 2. The van der Waals surface area contributed by atoms with Crippen molar-refractivity contribution in [3.05, 3.63) is 65.2 Å². The molecule has 2 amide bonds. The van der Waals surface area contributed by atoms with Crippen molar-refractivity contribution in [2.24, 2.45) is 5.92 Å². The third kappa shape index (κ3) is 6.81. The highest BCUT2D eigenvalue weighted by atomic mass is 16.5. The molecule has 7 heteroatoms. The number of nitrogens with one attached hydrogen (secondary N) is 2. The minimum Gasteiger partial charge on any atom is -0.449 e. The molecule has 3 rings (SSSR count). The number of anilines is 1. The summed E-state index contributed by atoms with van der Waals surface area (Å²) < 4.78 is 5.28. The summed E-state index contributed by atoms with van der Waals surface area (Å²) in [5, 5.41) is 6.27. The van der Waals surface area contributed by atoms with Gasteiger partial charge < -0.3 is 15.0 Å². The molecule has 1 fully saturated rings. The van der Waals surface area contributed by atoms with Crippen LogP contribution in [0.2, 0.25) is 0 Å². The second-order valence-electron chi connectivity index (χ2n) is 9.03. The van der Waals surface area contributed by atoms with Crippen molar-refractivity contribution in [3.8, 4) is 0 Å². The second-order valence-corrected chi connectivity index (χ2v) is 9.03. The van der Waals surface area contributed by atoms with Crippen LogP contribution in [-0.2, 0) is 4.74 Å². The van der Waals surface area contributed by atoms with E-state index in [0.717, 1.165) is 37.3 Å². The molecular formula is C27H38N4O3. The van der Waals surface area contributed by atoms with E-state index in [1.165, 1.54) is 0 Å². The topological polar surface area (TPSA) is 73.9 Å². The number of carbonyl (C=O) groups excluding carboxylic acids is 2. The van der Waals surface area contributed by atoms with Crippen molar-refractivity contribution in [2.75, 3.05) is 51.2 Å². The van der Waals surface area contributed by atoms with Crippen LogP contribution in [0.1, 0.15) is 55.2 Å². The van der Waals surface area contributed by atoms with Crippen LogP contribution in [0.4, 0.5) is 10.5 Å². The van der Waals surface area contributed by atoms with Gasteiger partial charge in [0.25, 0.3) is 5.91 Å². The quantitative estimate of drug-likeness (QED) is 0.574. The van der Waals surface area contributed by atoms with E-state index in [0.29, 0.717) is 30.9 Å². The van der Waals surface area contributed by atoms with Gasteiger partial charge in [0.05, 0.1) is 12.6 Å². The lowest BCUT2D eigenvalue weighted by molar-refractivity contribution is 0.0773. The summed E-state index contributed by atoms with van der Waals surface area (Å²) >= 11 is 0. The van der Waals surface area contributed by atoms with Gasteiger partial charge in [-0.1, -0.05) is 38.1 Å². The maximum Gasteiger partial charge on any atom is 0.411 e. The van der Waals surface area contributed by atoms with E-state index in [4.69, 9.17) is 4.74 Å². The third-order valence-corrected chi connectivity index (χ3v) is 6.04. The van der Waals surface area contributed by atoms with Crippen molar-refractivity contribution in [3.63, 3.8) is 0 Å². The van der Waals surface area contributed by atoms with Gasteiger partial charge in [0.2, 0.25) is 0 Å². The molecule has 1 atom stereocenters. The fourth-order valence-corrected chi connectivity index (χ4v) is 4.24. The maximum atomic E-state index is 12.8. The Bertz CT molecular complexity index is 935. The molecular weight excluding hydrogens is 428 g/mol. The van der Waals surface area contributed by atoms with Crippen LogP contribution in [-0.4, -0.2) is 67.7 Å². The zero-order valence-corrected chi connectivity index (χ0v) is 20.8. The van der Waals surface area contributed by atoms with E-state index in [1.807, 2.05) is 62.9 Å². The van der Waals surface area contributed by atoms with Crippen molar-refractivity contribution in [1.82, 2.24) is 15.1 Å². The summed E-state index contributed by atoms with van der Waals surface area (Å²) in [6.45, 7) is 13.5. The van der Waals surface area contributed by atoms with Gasteiger partial charge >= 0.3 is 6.09 Å². The zero-order valence-electron chi connectivity index (χ0n) is 20.8. The first-order chi connectivity index (χ1) is 16.4. The lowest BCUT2D eigenvalue weighted by Gasteiger charge is -2.36. The van der Waals surface area contributed by atoms with E-state index in [-0.39, 0.29) is 17.9 Å². The monoisotopic (exact) mass is 466 g/mol. The Kier molecular flexibility index (Phi) is 9.48. The van der Waals surface area contributed by atoms with Crippen molar-refractivity contribution < 1.29 is 14.3 Å². The minimum absolute atomic E-state index is 0.0214. The Morgan fingerprint density at radius 1 is 1.03 bits per heavy atom. The largest absolute Gasteiger partial charge is 0.449 e. The summed E-state index contributed by atoms with van der Waals surface area (Å²) in [5.74, 6) is 0.340. The van der Waals surface area contributed by atoms with Crippen molar-refractivity contribution in [1.29, 1.82) is 0 Å². The number of hydrogen-bond donors (Lipinski definition) is 2. The standard InChI is InChI=1S/C27H38N4O3/c1-5-30(6-2)26(32)22-12-10-21(11-13-22)25(31-16-14-28-15-17-31)23-8-7-9-24(18-23)29-27(33)34-19-20(3)4/h7-13,18,20,25,28H,5-6,14-17,19H2,1-4H3,(H,29,33). The highest BCUT2D eigenvalue weighted by Crippen LogP contribution is 2.31. The molecule has 2 N–H and O–H groups in total. The summed E-state index contributed by atoms with van der Waals surface area (Å²) in [6, 6.07) is 15.9. The van der Waals surface area contributed by atoms with E-state index in [2.05, 4.69) is 33.7 Å². The van der Waals surface area contributed by atoms with Crippen LogP contribution in [0, 0.1) is 5.92 Å². The smallest absolute Gasteiger partial charge is 0.411 e. The molecule has 1 unspecified atom stereocenters. The number of benzene rings is 2. The van der Waals surface area contributed by atoms with Gasteiger partial charge in [0.15, 0.2) is 0 Å². The van der Waals surface area contributed by atoms with Crippen LogP contribution in [0.3, 0.4) is 0 Å². The van der Waals surface area contributed by atoms with Crippen molar-refractivity contribution in [2.45, 2.75) is 33.7 Å². The predicted molar refractivity (Wildman–Crippen MR) is 136 cm³/mol. The van der Waals surface area contributed by atoms with Crippen molar-refractivity contribution >= 4 is 17.7 Å². The van der Waals surface area contributed by atoms with Gasteiger partial charge in [-0.15, -0.1) is 0 Å². The molecule has 1 saturated heterocycles. The SMILES string of the molecule is CCN(CC)C(=O)c1ccc(C(c2cccc(NC(=O)OCC(C)C)c2)N2CCNCC2)cc1. The number of rotatable bonds is 9. The fourth-order valence-electron chi connectivity index (χ4n) is 4.24. The van der Waals surface area contributed by atoms with Gasteiger partial charge in [0.1, 0.15) is 0 Å². The van der Waals surface area contributed by atoms with Gasteiger partial charge in [-0.3, -0.25) is 15.0 Å². The Balaban J connectivity index is 1.86. The molecule has 34 heavy (non-hydrogen) atoms. The Morgan fingerprint density at radius 3 is 2.32 bits per heavy atom. The van der Waals surface area contributed by atoms with Gasteiger partial charge in [0, 0.05) is 50.5 Å². The minimum atomic E-state index is -0.441. The molecule has 0 saturated carbocycles. The molecule has 0 spiro atoms. The van der Waals surface area contributed by atoms with Crippen LogP contribution in [0.15, 0.2) is 48.5 Å². The van der Waals surface area contributed by atoms with E-state index >= 15 is 0 Å². The highest BCUT2D eigenvalue weighted by Gasteiger charge is 2.25. The molecule has 0 bridgehead atoms. The first-order valence-corrected chi connectivity index (χ1v) is 12.3. The molecule has 0 aromatic heterocycles. The fraction of sp³-hybridized carbons (Fsp3) is 0.481. The molecule has 0 aliphatic carbocycles. The first-order valence-electron chi connectivity index (χ1n) is 12.3. The molecule has 0 radical (unpaired) electrons. The number of ether oxygens (including phenoxy) is 1. The van der Waals surface area contributed by atoms with Crippen LogP contribution in [0.5, 0.6) is 0 Å². The number of hydrogen-bond acceptors (Lipinski definition) is 5. The van der Waals surface area contributed by atoms with E-state index < -0.39 is 6.09 Å². The summed E-state index contributed by atoms with van der Waals surface area (Å²) in [7, 11) is 0. The van der Waals surface area contributed by atoms with Crippen LogP contribution >= 0.6 is 0 Å². The Morgan fingerprint density at radius 2 is 1.71 bits per heavy atom. The predicted octanol–water partition coefficient (Wildman–Crippen LogP) is 4.37. The molecule has 7 nitrogen and oxygen atoms in total. The summed E-state index contributed by atoms with van der Waals surface area (Å²) in [6.07, 6.45) is -0.441. The Labute approximate surface area is 203 Å². The number of piperazine rings is 1. The van der Waals surface area contributed by atoms with Crippen LogP contribution < -0.4 is 10.6 Å². The number of amides is 2. The van der Waals surface area contributed by atoms with Gasteiger partial charge in [-0.05, 0) is 55.2 Å². The molecule has 184 valence electrons. The van der Waals surface area contributed by atoms with E-state index in [9.17, 15) is 9.59 Å². The molecule has 2 aromatic rings. The average Bonchev–Trinajstić information content (AvgIpc) is 2.85. The first kappa shape index (κ1) is 25.7. The molecule has 1 heterocycles. The normalized spacial score (nSPS) is 15.1. The second kappa shape index (κ2) is 12.5. The van der Waals surface area contributed by atoms with Gasteiger partial charge in [-0.25, -0.2) is 4.79 Å². The van der Waals surface area contributed by atoms with Crippen LogP contribution in [0.25, 0.3) is 0 Å². The molecule has 2 aromatic carbocycles. The molecule has 1 aliphatic heterocycles. The number of nitrogens with zero attached hydrogens (tertiary/aromatic N) is 2. The van der Waals surface area contributed by atoms with Gasteiger partial charge in [-0.2, -0.15) is 0 Å². The average molecular weight is 467 g/mol. The zero-order chi connectivity index (χ0) is 24.5. The van der Waals surface area contributed by atoms with E-state index in [1.54, 1.807) is 0 Å². The highest BCUT2D eigenvalue weighted by molar-refractivity contribution is 5.94. The maximum absolute atomic E-state index is 12.8. The summed E-state index contributed by atoms with van der Waals surface area (Å²) in [5.41, 5.74) is 3.62. The third-order valence-electron chi connectivity index (χ3n) is 6.04. The molecule has 1 aliphatic rings. The lowest BCUT2D eigenvalue weighted by Crippen LogP contribution is -2.45.